The van der Waals surface area contributed by atoms with Crippen LogP contribution in [0.15, 0.2) is 278 Å². The van der Waals surface area contributed by atoms with Gasteiger partial charge >= 0.3 is 0 Å². The van der Waals surface area contributed by atoms with Crippen LogP contribution in [0.2, 0.25) is 0 Å². The van der Waals surface area contributed by atoms with Crippen LogP contribution in [0.5, 0.6) is 5.75 Å². The highest BCUT2D eigenvalue weighted by atomic mass is 16.5. The van der Waals surface area contributed by atoms with Crippen LogP contribution in [0.1, 0.15) is 5.56 Å². The number of nitrogens with zero attached hydrogens (tertiary/aromatic N) is 2. The van der Waals surface area contributed by atoms with Gasteiger partial charge in [-0.05, 0) is 122 Å². The van der Waals surface area contributed by atoms with Gasteiger partial charge in [0.05, 0.1) is 11.6 Å². The molecule has 0 radical (unpaired) electrons. The topological polar surface area (TPSA) is 15.7 Å². The van der Waals surface area contributed by atoms with Gasteiger partial charge in [0.25, 0.3) is 0 Å². The zero-order valence-electron chi connectivity index (χ0n) is 36.9. The number of hydrogen-bond acceptors (Lipinski definition) is 3. The lowest BCUT2D eigenvalue weighted by molar-refractivity contribution is 0.210. The Hall–Kier alpha value is -8.66. The highest BCUT2D eigenvalue weighted by molar-refractivity contribution is 5.91. The Balaban J connectivity index is 0.950. The SMILES string of the molecule is C1=CC2=C(N(c3ccc(-c4ccccc4)cc3)c3ccc(-c4ccccc4)cc3)C=CC3Oc4c(cccc4N(c4ccc(-c5ccccc5)cc4)c4ccc(-c5ccccc5)cc4)C(=C1)C23. The zero-order chi connectivity index (χ0) is 44.5. The summed E-state index contributed by atoms with van der Waals surface area (Å²) in [5, 5.41) is 0. The van der Waals surface area contributed by atoms with Gasteiger partial charge in [-0.3, -0.25) is 0 Å². The molecule has 9 aromatic rings. The standard InChI is InChI=1S/C64H46N2O/c1-5-15-45(16-6-1)49-27-35-53(36-28-49)65(54-37-29-50(30-38-54)46-17-7-2-8-18-46)60-43-44-62-63-57(23-13-25-59(60)63)58-24-14-26-61(64(58)67-62)66(55-39-31-51(32-40-55)47-19-9-3-10-20-47)56-41-33-52(34-42-56)48-21-11-4-12-22-48/h1-44,62-63H. The molecule has 2 unspecified atom stereocenters. The average Bonchev–Trinajstić information content (AvgIpc) is 3.41. The summed E-state index contributed by atoms with van der Waals surface area (Å²) in [5.41, 5.74) is 19.5. The zero-order valence-corrected chi connectivity index (χ0v) is 36.9. The van der Waals surface area contributed by atoms with Crippen molar-refractivity contribution in [2.45, 2.75) is 6.10 Å². The first-order chi connectivity index (χ1) is 33.2. The Morgan fingerprint density at radius 2 is 0.731 bits per heavy atom. The molecule has 1 aliphatic heterocycles. The summed E-state index contributed by atoms with van der Waals surface area (Å²) in [7, 11) is 0. The van der Waals surface area contributed by atoms with Gasteiger partial charge in [-0.1, -0.05) is 200 Å². The van der Waals surface area contributed by atoms with Crippen molar-refractivity contribution in [3.05, 3.63) is 284 Å². The lowest BCUT2D eigenvalue weighted by Crippen LogP contribution is -2.37. The molecule has 0 saturated carbocycles. The molecule has 3 heteroatoms. The number of allylic oxidation sites excluding steroid dienone is 4. The molecule has 0 saturated heterocycles. The van der Waals surface area contributed by atoms with Crippen molar-refractivity contribution in [3.8, 4) is 50.3 Å². The quantitative estimate of drug-likeness (QED) is 0.136. The van der Waals surface area contributed by atoms with Crippen molar-refractivity contribution in [1.29, 1.82) is 0 Å². The Bertz CT molecular complexity index is 3150. The maximum atomic E-state index is 7.33. The van der Waals surface area contributed by atoms with Crippen LogP contribution < -0.4 is 14.5 Å². The molecule has 9 aromatic carbocycles. The molecule has 2 aliphatic carbocycles. The normalized spacial score (nSPS) is 15.5. The Labute approximate surface area is 392 Å². The lowest BCUT2D eigenvalue weighted by atomic mass is 9.74. The maximum Gasteiger partial charge on any atom is 0.151 e. The van der Waals surface area contributed by atoms with Crippen molar-refractivity contribution in [2.24, 2.45) is 5.92 Å². The van der Waals surface area contributed by atoms with Crippen LogP contribution in [-0.2, 0) is 0 Å². The predicted octanol–water partition coefficient (Wildman–Crippen LogP) is 16.8. The van der Waals surface area contributed by atoms with Gasteiger partial charge in [-0.2, -0.15) is 0 Å². The molecule has 0 amide bonds. The minimum Gasteiger partial charge on any atom is -0.483 e. The van der Waals surface area contributed by atoms with Crippen molar-refractivity contribution in [3.63, 3.8) is 0 Å². The van der Waals surface area contributed by atoms with Gasteiger partial charge in [0.1, 0.15) is 6.10 Å². The molecular formula is C64H46N2O. The van der Waals surface area contributed by atoms with Crippen molar-refractivity contribution >= 4 is 34.0 Å². The van der Waals surface area contributed by atoms with E-state index in [-0.39, 0.29) is 12.0 Å². The number of fused-ring (bicyclic) bond motifs is 2. The van der Waals surface area contributed by atoms with E-state index in [2.05, 4.69) is 277 Å². The average molecular weight is 859 g/mol. The van der Waals surface area contributed by atoms with Crippen LogP contribution in [0.4, 0.5) is 28.4 Å². The Morgan fingerprint density at radius 1 is 0.343 bits per heavy atom. The van der Waals surface area contributed by atoms with Crippen molar-refractivity contribution in [1.82, 2.24) is 0 Å². The van der Waals surface area contributed by atoms with E-state index in [1.807, 2.05) is 0 Å². The Morgan fingerprint density at radius 3 is 1.15 bits per heavy atom. The summed E-state index contributed by atoms with van der Waals surface area (Å²) >= 11 is 0. The maximum absolute atomic E-state index is 7.33. The first-order valence-electron chi connectivity index (χ1n) is 23.1. The van der Waals surface area contributed by atoms with Crippen LogP contribution in [0.25, 0.3) is 50.1 Å². The summed E-state index contributed by atoms with van der Waals surface area (Å²) in [5.74, 6) is 0.869. The van der Waals surface area contributed by atoms with Gasteiger partial charge < -0.3 is 14.5 Å². The first kappa shape index (κ1) is 39.9. The second-order valence-corrected chi connectivity index (χ2v) is 17.2. The lowest BCUT2D eigenvalue weighted by Gasteiger charge is -2.42. The highest BCUT2D eigenvalue weighted by Gasteiger charge is 2.41. The molecule has 0 fully saturated rings. The van der Waals surface area contributed by atoms with Gasteiger partial charge in [-0.15, -0.1) is 0 Å². The first-order valence-corrected chi connectivity index (χ1v) is 23.1. The molecule has 0 bridgehead atoms. The third-order valence-electron chi connectivity index (χ3n) is 13.3. The highest BCUT2D eigenvalue weighted by Crippen LogP contribution is 2.54. The molecule has 3 aliphatic rings. The van der Waals surface area contributed by atoms with E-state index >= 15 is 0 Å². The van der Waals surface area contributed by atoms with Crippen molar-refractivity contribution < 1.29 is 4.74 Å². The van der Waals surface area contributed by atoms with E-state index in [1.165, 1.54) is 55.7 Å². The molecule has 318 valence electrons. The van der Waals surface area contributed by atoms with E-state index < -0.39 is 0 Å². The van der Waals surface area contributed by atoms with Gasteiger partial charge in [-0.25, -0.2) is 0 Å². The van der Waals surface area contributed by atoms with Gasteiger partial charge in [0, 0.05) is 34.0 Å². The number of anilines is 5. The molecule has 3 nitrogen and oxygen atoms in total. The van der Waals surface area contributed by atoms with Gasteiger partial charge in [0.15, 0.2) is 5.75 Å². The summed E-state index contributed by atoms with van der Waals surface area (Å²) in [4.78, 5) is 4.75. The second-order valence-electron chi connectivity index (χ2n) is 17.2. The number of benzene rings is 9. The van der Waals surface area contributed by atoms with E-state index in [0.29, 0.717) is 0 Å². The fourth-order valence-electron chi connectivity index (χ4n) is 9.97. The van der Waals surface area contributed by atoms with E-state index in [9.17, 15) is 0 Å². The fraction of sp³-hybridized carbons (Fsp3) is 0.0312. The smallest absolute Gasteiger partial charge is 0.151 e. The van der Waals surface area contributed by atoms with Crippen LogP contribution in [-0.4, -0.2) is 6.10 Å². The van der Waals surface area contributed by atoms with E-state index in [4.69, 9.17) is 4.74 Å². The minimum atomic E-state index is -0.214. The molecule has 0 N–H and O–H groups in total. The summed E-state index contributed by atoms with van der Waals surface area (Å²) < 4.78 is 7.33. The van der Waals surface area contributed by atoms with Crippen LogP contribution in [0.3, 0.4) is 0 Å². The molecule has 2 atom stereocenters. The monoisotopic (exact) mass is 858 g/mol. The third kappa shape index (κ3) is 7.57. The van der Waals surface area contributed by atoms with Crippen LogP contribution >= 0.6 is 0 Å². The summed E-state index contributed by atoms with van der Waals surface area (Å²) in [6.07, 6.45) is 11.1. The van der Waals surface area contributed by atoms with Crippen molar-refractivity contribution in [2.75, 3.05) is 9.80 Å². The summed E-state index contributed by atoms with van der Waals surface area (Å²) in [6.45, 7) is 0. The fourth-order valence-corrected chi connectivity index (χ4v) is 9.97. The molecule has 1 heterocycles. The molecule has 0 spiro atoms. The van der Waals surface area contributed by atoms with E-state index in [0.717, 1.165) is 45.4 Å². The summed E-state index contributed by atoms with van der Waals surface area (Å²) in [6, 6.07) is 84.6. The minimum absolute atomic E-state index is 0.00815. The number of para-hydroxylation sites is 1. The predicted molar refractivity (Wildman–Crippen MR) is 279 cm³/mol. The molecule has 12 rings (SSSR count). The number of hydrogen-bond donors (Lipinski definition) is 0. The largest absolute Gasteiger partial charge is 0.483 e. The Kier molecular flexibility index (Phi) is 10.3. The number of rotatable bonds is 10. The van der Waals surface area contributed by atoms with Crippen LogP contribution in [0, 0.1) is 5.92 Å². The molecular weight excluding hydrogens is 813 g/mol. The third-order valence-corrected chi connectivity index (χ3v) is 13.3. The van der Waals surface area contributed by atoms with E-state index in [1.54, 1.807) is 0 Å². The van der Waals surface area contributed by atoms with Gasteiger partial charge in [0.2, 0.25) is 0 Å². The second kappa shape index (κ2) is 17.4. The molecule has 67 heavy (non-hydrogen) atoms. The molecule has 0 aromatic heterocycles. The number of ether oxygens (including phenoxy) is 1.